The van der Waals surface area contributed by atoms with Gasteiger partial charge in [0.25, 0.3) is 5.91 Å². The Labute approximate surface area is 363 Å². The zero-order chi connectivity index (χ0) is 43.8. The highest BCUT2D eigenvalue weighted by atomic mass is 32.1. The van der Waals surface area contributed by atoms with E-state index in [1.807, 2.05) is 32.2 Å². The van der Waals surface area contributed by atoms with Crippen molar-refractivity contribution in [1.82, 2.24) is 40.1 Å². The van der Waals surface area contributed by atoms with Crippen molar-refractivity contribution in [3.05, 3.63) is 58.2 Å². The molecule has 4 atom stereocenters. The highest BCUT2D eigenvalue weighted by Gasteiger charge is 2.42. The SMILES string of the molecule is CCn1c(-c2cccnc2[C@H](C)OC)c2c3cc(ccc31)-c1csc(n1)C[C@H](NC(=O)[C@H](C(C)C)N(C)C(=O)N(C)C1CC1)C(=O)N1CCC[C@](C=O)(COCC(C)(C)C2)N1. The molecule has 3 aromatic heterocycles. The molecule has 0 unspecified atom stereocenters. The Bertz CT molecular complexity index is 2270. The van der Waals surface area contributed by atoms with Gasteiger partial charge in [0.15, 0.2) is 0 Å². The summed E-state index contributed by atoms with van der Waals surface area (Å²) < 4.78 is 14.7. The number of aldehydes is 1. The third kappa shape index (κ3) is 9.11. The van der Waals surface area contributed by atoms with Gasteiger partial charge in [-0.15, -0.1) is 11.3 Å². The van der Waals surface area contributed by atoms with Crippen molar-refractivity contribution in [2.75, 3.05) is 41.0 Å². The second kappa shape index (κ2) is 18.0. The van der Waals surface area contributed by atoms with Gasteiger partial charge in [-0.2, -0.15) is 0 Å². The molecule has 328 valence electrons. The molecule has 1 saturated heterocycles. The smallest absolute Gasteiger partial charge is 0.320 e. The molecule has 0 radical (unpaired) electrons. The predicted molar refractivity (Wildman–Crippen MR) is 237 cm³/mol. The Morgan fingerprint density at radius 1 is 1.16 bits per heavy atom. The number of likely N-dealkylation sites (N-methyl/N-ethyl adjacent to an activating group) is 1. The van der Waals surface area contributed by atoms with Crippen molar-refractivity contribution in [2.24, 2.45) is 11.3 Å². The standard InChI is InChI=1S/C46H62N8O6S/c1-10-53-37-17-14-30-21-33(37)34(41(53)32-13-11-19-47-39(32)29(4)59-9)23-45(5,6)26-60-27-46(25-55)18-12-20-54(50-46)43(57)35(22-38-48-36(30)24-61-38)49-42(56)40(28(2)3)52(8)44(58)51(7)31-15-16-31/h11,13-14,17,19,21,24-25,28-29,31,35,40,50H,10,12,15-16,18,20,22-23,26-27H2,1-9H3,(H,49,56)/t29-,35-,40-,46-/m0/s1. The van der Waals surface area contributed by atoms with E-state index in [0.29, 0.717) is 37.4 Å². The van der Waals surface area contributed by atoms with Crippen LogP contribution in [0.15, 0.2) is 41.9 Å². The molecule has 4 amide bonds. The number of carbonyl (C=O) groups is 4. The summed E-state index contributed by atoms with van der Waals surface area (Å²) in [5.41, 5.74) is 8.60. The topological polar surface area (TPSA) is 151 Å². The second-order valence-electron chi connectivity index (χ2n) is 18.2. The third-order valence-corrected chi connectivity index (χ3v) is 13.4. The number of nitrogens with zero attached hydrogens (tertiary/aromatic N) is 6. The highest BCUT2D eigenvalue weighted by molar-refractivity contribution is 7.10. The Morgan fingerprint density at radius 2 is 1.93 bits per heavy atom. The highest BCUT2D eigenvalue weighted by Crippen LogP contribution is 2.42. The maximum absolute atomic E-state index is 14.6. The minimum atomic E-state index is -1.15. The van der Waals surface area contributed by atoms with Crippen LogP contribution in [0.4, 0.5) is 4.79 Å². The average Bonchev–Trinajstić information content (AvgIpc) is 3.92. The number of amides is 4. The van der Waals surface area contributed by atoms with Crippen molar-refractivity contribution in [3.8, 4) is 22.5 Å². The molecule has 1 aromatic carbocycles. The summed E-state index contributed by atoms with van der Waals surface area (Å²) in [7, 11) is 5.11. The summed E-state index contributed by atoms with van der Waals surface area (Å²) >= 11 is 1.43. The first-order chi connectivity index (χ1) is 29.1. The number of aryl methyl sites for hydroxylation is 1. The monoisotopic (exact) mass is 854 g/mol. The molecule has 2 fully saturated rings. The molecule has 0 spiro atoms. The number of benzene rings is 1. The number of urea groups is 1. The van der Waals surface area contributed by atoms with Gasteiger partial charge in [-0.1, -0.05) is 33.8 Å². The van der Waals surface area contributed by atoms with Crippen molar-refractivity contribution in [3.63, 3.8) is 0 Å². The van der Waals surface area contributed by atoms with E-state index in [0.717, 1.165) is 70.3 Å². The number of carbonyl (C=O) groups excluding carboxylic acids is 4. The number of aromatic nitrogens is 3. The minimum absolute atomic E-state index is 0.0548. The first-order valence-corrected chi connectivity index (χ1v) is 22.5. The van der Waals surface area contributed by atoms with Gasteiger partial charge in [0, 0.05) is 80.4 Å². The van der Waals surface area contributed by atoms with E-state index in [4.69, 9.17) is 19.4 Å². The summed E-state index contributed by atoms with van der Waals surface area (Å²) in [6.45, 7) is 13.8. The quantitative estimate of drug-likeness (QED) is 0.173. The van der Waals surface area contributed by atoms with E-state index in [2.05, 4.69) is 60.3 Å². The van der Waals surface area contributed by atoms with Crippen LogP contribution in [0.5, 0.6) is 0 Å². The van der Waals surface area contributed by atoms with E-state index in [1.165, 1.54) is 21.2 Å². The summed E-state index contributed by atoms with van der Waals surface area (Å²) in [5.74, 6) is -1.06. The number of thiazole rings is 1. The maximum Gasteiger partial charge on any atom is 0.320 e. The number of ether oxygens (including phenoxy) is 2. The molecule has 6 bridgehead atoms. The van der Waals surface area contributed by atoms with Gasteiger partial charge in [0.05, 0.1) is 41.4 Å². The van der Waals surface area contributed by atoms with E-state index in [-0.39, 0.29) is 48.4 Å². The van der Waals surface area contributed by atoms with Gasteiger partial charge in [0.1, 0.15) is 23.9 Å². The number of hydrogen-bond acceptors (Lipinski definition) is 10. The van der Waals surface area contributed by atoms with Gasteiger partial charge < -0.3 is 34.0 Å². The lowest BCUT2D eigenvalue weighted by Crippen LogP contribution is -2.66. The first kappa shape index (κ1) is 44.4. The summed E-state index contributed by atoms with van der Waals surface area (Å²) in [6.07, 6.45) is 6.11. The number of hydrazine groups is 1. The number of nitrogens with one attached hydrogen (secondary N) is 2. The van der Waals surface area contributed by atoms with Crippen molar-refractivity contribution < 1.29 is 28.7 Å². The van der Waals surface area contributed by atoms with Crippen LogP contribution in [-0.4, -0.2) is 118 Å². The molecule has 2 N–H and O–H groups in total. The number of pyridine rings is 1. The van der Waals surface area contributed by atoms with Crippen molar-refractivity contribution >= 4 is 46.4 Å². The van der Waals surface area contributed by atoms with Crippen molar-refractivity contribution in [2.45, 2.75) is 116 Å². The fourth-order valence-corrected chi connectivity index (χ4v) is 9.93. The summed E-state index contributed by atoms with van der Waals surface area (Å²) in [5, 5.41) is 8.26. The molecule has 4 aromatic rings. The molecule has 3 aliphatic rings. The number of rotatable bonds is 10. The van der Waals surface area contributed by atoms with Gasteiger partial charge in [-0.05, 0) is 87.1 Å². The van der Waals surface area contributed by atoms with Gasteiger partial charge in [-0.3, -0.25) is 19.6 Å². The molecule has 1 aliphatic carbocycles. The maximum atomic E-state index is 14.6. The van der Waals surface area contributed by atoms with Crippen LogP contribution in [-0.2, 0) is 43.2 Å². The lowest BCUT2D eigenvalue weighted by Gasteiger charge is -2.42. The fourth-order valence-electron chi connectivity index (χ4n) is 9.08. The molecule has 1 saturated carbocycles. The summed E-state index contributed by atoms with van der Waals surface area (Å²) in [4.78, 5) is 68.5. The largest absolute Gasteiger partial charge is 0.378 e. The molecular formula is C46H62N8O6S. The normalized spacial score (nSPS) is 21.8. The van der Waals surface area contributed by atoms with E-state index in [1.54, 1.807) is 32.3 Å². The third-order valence-electron chi connectivity index (χ3n) is 12.5. The molecular weight excluding hydrogens is 793 g/mol. The lowest BCUT2D eigenvalue weighted by atomic mass is 9.84. The van der Waals surface area contributed by atoms with Crippen LogP contribution in [0.25, 0.3) is 33.4 Å². The number of hydrogen-bond donors (Lipinski definition) is 2. The van der Waals surface area contributed by atoms with Crippen LogP contribution < -0.4 is 10.7 Å². The van der Waals surface area contributed by atoms with E-state index in [9.17, 15) is 19.2 Å². The summed E-state index contributed by atoms with van der Waals surface area (Å²) in [6, 6.07) is 8.61. The average molecular weight is 855 g/mol. The van der Waals surface area contributed by atoms with Gasteiger partial charge in [0.2, 0.25) is 5.91 Å². The Kier molecular flexibility index (Phi) is 13.1. The van der Waals surface area contributed by atoms with E-state index >= 15 is 0 Å². The van der Waals surface area contributed by atoms with Gasteiger partial charge >= 0.3 is 6.03 Å². The Balaban J connectivity index is 1.31. The Hall–Kier alpha value is -4.70. The molecule has 15 heteroatoms. The lowest BCUT2D eigenvalue weighted by molar-refractivity contribution is -0.147. The number of fused-ring (bicyclic) bond motifs is 6. The van der Waals surface area contributed by atoms with Crippen LogP contribution in [0.3, 0.4) is 0 Å². The Morgan fingerprint density at radius 3 is 2.62 bits per heavy atom. The zero-order valence-corrected chi connectivity index (χ0v) is 37.9. The second-order valence-corrected chi connectivity index (χ2v) is 19.2. The molecule has 2 aliphatic heterocycles. The zero-order valence-electron chi connectivity index (χ0n) is 37.1. The molecule has 5 heterocycles. The van der Waals surface area contributed by atoms with Gasteiger partial charge in [-0.25, -0.2) is 15.2 Å². The van der Waals surface area contributed by atoms with E-state index < -0.39 is 23.5 Å². The predicted octanol–water partition coefficient (Wildman–Crippen LogP) is 6.42. The van der Waals surface area contributed by atoms with Crippen LogP contribution in [0.1, 0.15) is 89.6 Å². The van der Waals surface area contributed by atoms with Crippen molar-refractivity contribution in [1.29, 1.82) is 0 Å². The molecule has 14 nitrogen and oxygen atoms in total. The first-order valence-electron chi connectivity index (χ1n) is 21.6. The fraction of sp³-hybridized carbons (Fsp3) is 0.565. The molecule has 7 rings (SSSR count). The number of methoxy groups -OCH3 is 1. The van der Waals surface area contributed by atoms with Crippen LogP contribution in [0, 0.1) is 11.3 Å². The van der Waals surface area contributed by atoms with Crippen LogP contribution in [0.2, 0.25) is 0 Å². The minimum Gasteiger partial charge on any atom is -0.378 e. The van der Waals surface area contributed by atoms with Crippen LogP contribution >= 0.6 is 11.3 Å². The molecule has 61 heavy (non-hydrogen) atoms.